The third-order valence-corrected chi connectivity index (χ3v) is 3.11. The fourth-order valence-electron chi connectivity index (χ4n) is 1.83. The number of nitrogens with one attached hydrogen (secondary N) is 2. The van der Waals surface area contributed by atoms with Gasteiger partial charge in [-0.25, -0.2) is 4.68 Å². The van der Waals surface area contributed by atoms with Gasteiger partial charge in [0.25, 0.3) is 0 Å². The van der Waals surface area contributed by atoms with Crippen LogP contribution in [-0.2, 0) is 6.18 Å². The van der Waals surface area contributed by atoms with E-state index in [0.717, 1.165) is 18.6 Å². The molecule has 0 saturated carbocycles. The molecule has 0 aliphatic rings. The molecule has 1 aromatic carbocycles. The summed E-state index contributed by atoms with van der Waals surface area (Å²) in [7, 11) is 0. The smallest absolute Gasteiger partial charge is 0.362 e. The summed E-state index contributed by atoms with van der Waals surface area (Å²) >= 11 is 5.09. The van der Waals surface area contributed by atoms with Gasteiger partial charge in [0, 0.05) is 18.9 Å². The van der Waals surface area contributed by atoms with Crippen molar-refractivity contribution in [1.82, 2.24) is 15.1 Å². The number of alkyl halides is 3. The van der Waals surface area contributed by atoms with Gasteiger partial charge >= 0.3 is 6.18 Å². The van der Waals surface area contributed by atoms with Gasteiger partial charge in [-0.2, -0.15) is 18.3 Å². The van der Waals surface area contributed by atoms with Crippen LogP contribution in [0, 0.1) is 0 Å². The molecule has 118 valence electrons. The minimum atomic E-state index is -4.42. The molecule has 2 rings (SSSR count). The Morgan fingerprint density at radius 3 is 2.73 bits per heavy atom. The zero-order valence-corrected chi connectivity index (χ0v) is 12.6. The summed E-state index contributed by atoms with van der Waals surface area (Å²) in [5.74, 6) is 0. The van der Waals surface area contributed by atoms with Crippen LogP contribution in [0.5, 0.6) is 0 Å². The second-order valence-electron chi connectivity index (χ2n) is 4.56. The normalized spacial score (nSPS) is 11.3. The summed E-state index contributed by atoms with van der Waals surface area (Å²) in [6, 6.07) is 5.09. The Kier molecular flexibility index (Phi) is 5.02. The van der Waals surface area contributed by atoms with Gasteiger partial charge in [0.1, 0.15) is 0 Å². The van der Waals surface area contributed by atoms with Gasteiger partial charge in [-0.3, -0.25) is 0 Å². The van der Waals surface area contributed by atoms with E-state index in [0.29, 0.717) is 12.2 Å². The van der Waals surface area contributed by atoms with E-state index in [1.807, 2.05) is 6.92 Å². The molecule has 1 heterocycles. The Labute approximate surface area is 131 Å². The van der Waals surface area contributed by atoms with E-state index in [4.69, 9.17) is 12.2 Å². The number of aromatic nitrogens is 2. The van der Waals surface area contributed by atoms with Crippen LogP contribution in [0.2, 0.25) is 0 Å². The largest absolute Gasteiger partial charge is 0.416 e. The summed E-state index contributed by atoms with van der Waals surface area (Å²) in [6.45, 7) is 2.61. The van der Waals surface area contributed by atoms with E-state index >= 15 is 0 Å². The van der Waals surface area contributed by atoms with Gasteiger partial charge in [0.15, 0.2) is 5.11 Å². The number of thiocarbonyl (C=S) groups is 1. The monoisotopic (exact) mass is 328 g/mol. The van der Waals surface area contributed by atoms with Crippen molar-refractivity contribution < 1.29 is 13.2 Å². The van der Waals surface area contributed by atoms with Crippen molar-refractivity contribution in [2.75, 3.05) is 11.9 Å². The Hall–Kier alpha value is -2.09. The van der Waals surface area contributed by atoms with Crippen LogP contribution >= 0.6 is 12.2 Å². The molecule has 0 atom stereocenters. The van der Waals surface area contributed by atoms with Crippen LogP contribution in [-0.4, -0.2) is 21.4 Å². The van der Waals surface area contributed by atoms with Gasteiger partial charge < -0.3 is 10.6 Å². The van der Waals surface area contributed by atoms with Crippen LogP contribution in [0.3, 0.4) is 0 Å². The number of rotatable bonds is 4. The van der Waals surface area contributed by atoms with Gasteiger partial charge in [0.05, 0.1) is 16.9 Å². The molecule has 0 amide bonds. The summed E-state index contributed by atoms with van der Waals surface area (Å²) in [5.41, 5.74) is -0.0185. The average Bonchev–Trinajstić information content (AvgIpc) is 2.98. The van der Waals surface area contributed by atoms with Gasteiger partial charge in [0.2, 0.25) is 0 Å². The molecule has 2 aromatic rings. The van der Waals surface area contributed by atoms with E-state index in [1.54, 1.807) is 18.5 Å². The maximum absolute atomic E-state index is 12.9. The molecule has 22 heavy (non-hydrogen) atoms. The third-order valence-electron chi connectivity index (χ3n) is 2.86. The van der Waals surface area contributed by atoms with Crippen LogP contribution in [0.1, 0.15) is 18.9 Å². The topological polar surface area (TPSA) is 41.9 Å². The molecule has 2 N–H and O–H groups in total. The van der Waals surface area contributed by atoms with E-state index in [2.05, 4.69) is 15.7 Å². The van der Waals surface area contributed by atoms with Crippen molar-refractivity contribution in [2.24, 2.45) is 0 Å². The van der Waals surface area contributed by atoms with Gasteiger partial charge in [-0.1, -0.05) is 6.92 Å². The molecule has 8 heteroatoms. The predicted molar refractivity (Wildman–Crippen MR) is 83.1 cm³/mol. The highest BCUT2D eigenvalue weighted by Crippen LogP contribution is 2.33. The SMILES string of the molecule is CCCNC(=S)Nc1cc(C(F)(F)F)ccc1-n1cccn1. The van der Waals surface area contributed by atoms with Crippen molar-refractivity contribution in [3.8, 4) is 5.69 Å². The second-order valence-corrected chi connectivity index (χ2v) is 4.97. The fraction of sp³-hybridized carbons (Fsp3) is 0.286. The minimum absolute atomic E-state index is 0.243. The van der Waals surface area contributed by atoms with Crippen LogP contribution in [0.4, 0.5) is 18.9 Å². The van der Waals surface area contributed by atoms with Crippen molar-refractivity contribution >= 4 is 23.0 Å². The fourth-order valence-corrected chi connectivity index (χ4v) is 2.04. The quantitative estimate of drug-likeness (QED) is 0.842. The first kappa shape index (κ1) is 16.3. The third kappa shape index (κ3) is 3.97. The van der Waals surface area contributed by atoms with E-state index in [1.165, 1.54) is 10.7 Å². The lowest BCUT2D eigenvalue weighted by molar-refractivity contribution is -0.137. The van der Waals surface area contributed by atoms with E-state index in [9.17, 15) is 13.2 Å². The number of halogens is 3. The minimum Gasteiger partial charge on any atom is -0.362 e. The second kappa shape index (κ2) is 6.78. The molecular weight excluding hydrogens is 313 g/mol. The molecule has 4 nitrogen and oxygen atoms in total. The molecule has 0 spiro atoms. The van der Waals surface area contributed by atoms with Crippen LogP contribution in [0.25, 0.3) is 5.69 Å². The lowest BCUT2D eigenvalue weighted by Gasteiger charge is -2.16. The maximum Gasteiger partial charge on any atom is 0.416 e. The Balaban J connectivity index is 2.35. The number of nitrogens with zero attached hydrogens (tertiary/aromatic N) is 2. The summed E-state index contributed by atoms with van der Waals surface area (Å²) < 4.78 is 40.1. The van der Waals surface area contributed by atoms with Crippen LogP contribution < -0.4 is 10.6 Å². The maximum atomic E-state index is 12.9. The Morgan fingerprint density at radius 2 is 2.14 bits per heavy atom. The lowest BCUT2D eigenvalue weighted by atomic mass is 10.1. The molecule has 0 radical (unpaired) electrons. The molecule has 0 aliphatic heterocycles. The van der Waals surface area contributed by atoms with Crippen molar-refractivity contribution in [1.29, 1.82) is 0 Å². The molecule has 0 fully saturated rings. The van der Waals surface area contributed by atoms with Crippen LogP contribution in [0.15, 0.2) is 36.7 Å². The van der Waals surface area contributed by atoms with E-state index in [-0.39, 0.29) is 10.8 Å². The standard InChI is InChI=1S/C14H15F3N4S/c1-2-6-18-13(22)20-11-9-10(14(15,16)17)4-5-12(11)21-8-3-7-19-21/h3-5,7-9H,2,6H2,1H3,(H2,18,20,22). The zero-order valence-electron chi connectivity index (χ0n) is 11.8. The number of hydrogen-bond donors (Lipinski definition) is 2. The highest BCUT2D eigenvalue weighted by atomic mass is 32.1. The molecule has 1 aromatic heterocycles. The lowest BCUT2D eigenvalue weighted by Crippen LogP contribution is -2.29. The highest BCUT2D eigenvalue weighted by Gasteiger charge is 2.31. The number of benzene rings is 1. The summed E-state index contributed by atoms with van der Waals surface area (Å²) in [6.07, 6.45) is -0.362. The average molecular weight is 328 g/mol. The first-order valence-electron chi connectivity index (χ1n) is 6.68. The highest BCUT2D eigenvalue weighted by molar-refractivity contribution is 7.80. The molecule has 0 unspecified atom stereocenters. The molecule has 0 aliphatic carbocycles. The number of hydrogen-bond acceptors (Lipinski definition) is 2. The van der Waals surface area contributed by atoms with Crippen molar-refractivity contribution in [3.05, 3.63) is 42.2 Å². The Bertz CT molecular complexity index is 638. The first-order valence-corrected chi connectivity index (χ1v) is 7.08. The van der Waals surface area contributed by atoms with Crippen molar-refractivity contribution in [2.45, 2.75) is 19.5 Å². The Morgan fingerprint density at radius 1 is 1.36 bits per heavy atom. The summed E-state index contributed by atoms with van der Waals surface area (Å²) in [4.78, 5) is 0. The number of anilines is 1. The zero-order chi connectivity index (χ0) is 16.2. The molecule has 0 bridgehead atoms. The summed E-state index contributed by atoms with van der Waals surface area (Å²) in [5, 5.41) is 10.0. The van der Waals surface area contributed by atoms with Gasteiger partial charge in [-0.15, -0.1) is 0 Å². The predicted octanol–water partition coefficient (Wildman–Crippen LogP) is 3.59. The molecule has 0 saturated heterocycles. The first-order chi connectivity index (χ1) is 10.4. The van der Waals surface area contributed by atoms with Gasteiger partial charge in [-0.05, 0) is 42.9 Å². The molecular formula is C14H15F3N4S. The van der Waals surface area contributed by atoms with E-state index < -0.39 is 11.7 Å². The van der Waals surface area contributed by atoms with Crippen molar-refractivity contribution in [3.63, 3.8) is 0 Å².